The van der Waals surface area contributed by atoms with Gasteiger partial charge in [0.2, 0.25) is 0 Å². The van der Waals surface area contributed by atoms with E-state index in [1.807, 2.05) is 20.8 Å². The molecule has 0 unspecified atom stereocenters. The third-order valence-electron chi connectivity index (χ3n) is 2.58. The molecule has 0 bridgehead atoms. The molecule has 0 atom stereocenters. The highest BCUT2D eigenvalue weighted by molar-refractivity contribution is 8.13. The minimum Gasteiger partial charge on any atom is -0.462 e. The smallest absolute Gasteiger partial charge is 0.338 e. The van der Waals surface area contributed by atoms with Crippen molar-refractivity contribution in [3.63, 3.8) is 0 Å². The Morgan fingerprint density at radius 3 is 2.29 bits per heavy atom. The Bertz CT molecular complexity index is 648. The Labute approximate surface area is 138 Å². The lowest BCUT2D eigenvalue weighted by atomic mass is 9.93. The van der Waals surface area contributed by atoms with E-state index in [2.05, 4.69) is 0 Å². The number of hydrogen-bond acceptors (Lipinski definition) is 4. The second kappa shape index (κ2) is 6.73. The third-order valence-corrected chi connectivity index (χ3v) is 4.84. The van der Waals surface area contributed by atoms with E-state index in [9.17, 15) is 13.2 Å². The molecule has 0 saturated heterocycles. The van der Waals surface area contributed by atoms with Gasteiger partial charge in [0.05, 0.1) is 22.2 Å². The second-order valence-electron chi connectivity index (χ2n) is 5.65. The Morgan fingerprint density at radius 1 is 1.24 bits per heavy atom. The number of esters is 1. The molecule has 1 aromatic rings. The van der Waals surface area contributed by atoms with Gasteiger partial charge in [-0.05, 0) is 24.0 Å². The molecule has 21 heavy (non-hydrogen) atoms. The van der Waals surface area contributed by atoms with Crippen molar-refractivity contribution in [1.29, 1.82) is 0 Å². The molecule has 0 aromatic heterocycles. The van der Waals surface area contributed by atoms with Crippen LogP contribution in [0.15, 0.2) is 17.0 Å². The standard InChI is InChI=1S/C13H15Cl3O4S/c1-13(2,3)4-5-20-12(17)8-6-9(14)11(15)10(7-8)21(16,18)19/h6-7H,4-5H2,1-3H3. The summed E-state index contributed by atoms with van der Waals surface area (Å²) in [6, 6.07) is 2.30. The summed E-state index contributed by atoms with van der Waals surface area (Å²) >= 11 is 11.6. The Balaban J connectivity index is 2.99. The largest absolute Gasteiger partial charge is 0.462 e. The lowest BCUT2D eigenvalue weighted by molar-refractivity contribution is 0.0464. The molecule has 0 N–H and O–H groups in total. The molecule has 1 aromatic carbocycles. The van der Waals surface area contributed by atoms with Crippen LogP contribution in [-0.4, -0.2) is 21.0 Å². The fraction of sp³-hybridized carbons (Fsp3) is 0.462. The first kappa shape index (κ1) is 18.6. The second-order valence-corrected chi connectivity index (χ2v) is 8.97. The van der Waals surface area contributed by atoms with Crippen LogP contribution in [0, 0.1) is 5.41 Å². The van der Waals surface area contributed by atoms with Crippen LogP contribution in [0.5, 0.6) is 0 Å². The summed E-state index contributed by atoms with van der Waals surface area (Å²) in [6.07, 6.45) is 0.667. The summed E-state index contributed by atoms with van der Waals surface area (Å²) in [4.78, 5) is 11.5. The van der Waals surface area contributed by atoms with Gasteiger partial charge in [-0.25, -0.2) is 13.2 Å². The molecule has 118 valence electrons. The average molecular weight is 374 g/mol. The Kier molecular flexibility index (Phi) is 5.95. The van der Waals surface area contributed by atoms with Crippen molar-refractivity contribution in [2.75, 3.05) is 6.61 Å². The van der Waals surface area contributed by atoms with Gasteiger partial charge in [0.15, 0.2) is 0 Å². The quantitative estimate of drug-likeness (QED) is 0.575. The maximum absolute atomic E-state index is 11.9. The number of benzene rings is 1. The minimum absolute atomic E-state index is 0.0162. The zero-order valence-corrected chi connectivity index (χ0v) is 14.8. The predicted molar refractivity (Wildman–Crippen MR) is 83.9 cm³/mol. The number of halogens is 3. The van der Waals surface area contributed by atoms with Gasteiger partial charge >= 0.3 is 5.97 Å². The van der Waals surface area contributed by atoms with Gasteiger partial charge in [-0.3, -0.25) is 0 Å². The SMILES string of the molecule is CC(C)(C)CCOC(=O)c1cc(Cl)c(Cl)c(S(=O)(=O)Cl)c1. The van der Waals surface area contributed by atoms with Crippen molar-refractivity contribution in [3.8, 4) is 0 Å². The highest BCUT2D eigenvalue weighted by Gasteiger charge is 2.21. The molecular formula is C13H15Cl3O4S. The van der Waals surface area contributed by atoms with Gasteiger partial charge in [0.1, 0.15) is 4.90 Å². The van der Waals surface area contributed by atoms with E-state index >= 15 is 0 Å². The third kappa shape index (κ3) is 5.66. The number of carbonyl (C=O) groups is 1. The fourth-order valence-corrected chi connectivity index (χ4v) is 3.16. The number of carbonyl (C=O) groups excluding carboxylic acids is 1. The molecule has 0 aliphatic carbocycles. The van der Waals surface area contributed by atoms with E-state index in [1.165, 1.54) is 6.07 Å². The topological polar surface area (TPSA) is 60.4 Å². The molecule has 0 heterocycles. The van der Waals surface area contributed by atoms with E-state index in [0.29, 0.717) is 6.42 Å². The van der Waals surface area contributed by atoms with Crippen LogP contribution in [0.1, 0.15) is 37.6 Å². The number of hydrogen-bond donors (Lipinski definition) is 0. The average Bonchev–Trinajstić information content (AvgIpc) is 2.29. The van der Waals surface area contributed by atoms with Crippen LogP contribution in [0.25, 0.3) is 0 Å². The molecule has 0 aliphatic heterocycles. The van der Waals surface area contributed by atoms with E-state index < -0.39 is 19.9 Å². The summed E-state index contributed by atoms with van der Waals surface area (Å²) in [5, 5.41) is -0.306. The summed E-state index contributed by atoms with van der Waals surface area (Å²) < 4.78 is 27.9. The van der Waals surface area contributed by atoms with Gasteiger partial charge in [-0.1, -0.05) is 44.0 Å². The maximum atomic E-state index is 11.9. The van der Waals surface area contributed by atoms with Gasteiger partial charge < -0.3 is 4.74 Å². The van der Waals surface area contributed by atoms with Gasteiger partial charge in [-0.15, -0.1) is 0 Å². The highest BCUT2D eigenvalue weighted by Crippen LogP contribution is 2.33. The van der Waals surface area contributed by atoms with Gasteiger partial charge in [-0.2, -0.15) is 0 Å². The van der Waals surface area contributed by atoms with E-state index in [0.717, 1.165) is 6.07 Å². The molecule has 0 radical (unpaired) electrons. The van der Waals surface area contributed by atoms with Gasteiger partial charge in [0, 0.05) is 10.7 Å². The van der Waals surface area contributed by atoms with Crippen LogP contribution in [0.3, 0.4) is 0 Å². The zero-order valence-electron chi connectivity index (χ0n) is 11.7. The predicted octanol–water partition coefficient (Wildman–Crippen LogP) is 4.51. The Hall–Kier alpha value is -0.490. The van der Waals surface area contributed by atoms with Crippen LogP contribution in [0.4, 0.5) is 0 Å². The first-order valence-corrected chi connectivity index (χ1v) is 9.09. The lowest BCUT2D eigenvalue weighted by Crippen LogP contribution is -2.13. The molecule has 0 saturated carbocycles. The summed E-state index contributed by atoms with van der Waals surface area (Å²) in [6.45, 7) is 6.25. The van der Waals surface area contributed by atoms with Crippen molar-refractivity contribution in [2.24, 2.45) is 5.41 Å². The monoisotopic (exact) mass is 372 g/mol. The minimum atomic E-state index is -4.11. The molecule has 0 amide bonds. The maximum Gasteiger partial charge on any atom is 0.338 e. The highest BCUT2D eigenvalue weighted by atomic mass is 35.7. The molecule has 0 fully saturated rings. The van der Waals surface area contributed by atoms with Crippen LogP contribution < -0.4 is 0 Å². The normalized spacial score (nSPS) is 12.3. The summed E-state index contributed by atoms with van der Waals surface area (Å²) in [5.74, 6) is -0.681. The number of rotatable bonds is 4. The van der Waals surface area contributed by atoms with E-state index in [-0.39, 0.29) is 27.6 Å². The molecule has 1 rings (SSSR count). The van der Waals surface area contributed by atoms with E-state index in [1.54, 1.807) is 0 Å². The van der Waals surface area contributed by atoms with Crippen molar-refractivity contribution in [2.45, 2.75) is 32.1 Å². The zero-order chi connectivity index (χ0) is 16.4. The van der Waals surface area contributed by atoms with Crippen LogP contribution in [-0.2, 0) is 13.8 Å². The summed E-state index contributed by atoms with van der Waals surface area (Å²) in [5.41, 5.74) is 0.000256. The van der Waals surface area contributed by atoms with Crippen LogP contribution in [0.2, 0.25) is 10.0 Å². The van der Waals surface area contributed by atoms with Crippen molar-refractivity contribution in [3.05, 3.63) is 27.7 Å². The lowest BCUT2D eigenvalue weighted by Gasteiger charge is -2.17. The van der Waals surface area contributed by atoms with Crippen LogP contribution >= 0.6 is 33.9 Å². The summed E-state index contributed by atoms with van der Waals surface area (Å²) in [7, 11) is 1.15. The molecule has 8 heteroatoms. The number of ether oxygens (including phenoxy) is 1. The Morgan fingerprint density at radius 2 is 1.81 bits per heavy atom. The first-order valence-electron chi connectivity index (χ1n) is 6.02. The van der Waals surface area contributed by atoms with Gasteiger partial charge in [0.25, 0.3) is 9.05 Å². The molecule has 0 aliphatic rings. The van der Waals surface area contributed by atoms with Crippen molar-refractivity contribution < 1.29 is 17.9 Å². The van der Waals surface area contributed by atoms with Crippen molar-refractivity contribution in [1.82, 2.24) is 0 Å². The molecule has 0 spiro atoms. The molecular weight excluding hydrogens is 359 g/mol. The first-order chi connectivity index (χ1) is 9.42. The van der Waals surface area contributed by atoms with Crippen molar-refractivity contribution >= 4 is 48.9 Å². The molecule has 4 nitrogen and oxygen atoms in total. The van der Waals surface area contributed by atoms with E-state index in [4.69, 9.17) is 38.6 Å². The fourth-order valence-electron chi connectivity index (χ4n) is 1.39.